The summed E-state index contributed by atoms with van der Waals surface area (Å²) in [6.07, 6.45) is 8.71. The van der Waals surface area contributed by atoms with Gasteiger partial charge in [0.2, 0.25) is 0 Å². The Balaban J connectivity index is 2.33. The fourth-order valence-corrected chi connectivity index (χ4v) is 2.55. The van der Waals surface area contributed by atoms with Crippen LogP contribution in [0.15, 0.2) is 0 Å². The molecule has 0 aromatic rings. The fraction of sp³-hybridized carbons (Fsp3) is 1.00. The van der Waals surface area contributed by atoms with Crippen molar-refractivity contribution in [2.24, 2.45) is 11.8 Å². The lowest BCUT2D eigenvalue weighted by Crippen LogP contribution is -2.41. The molecule has 2 atom stereocenters. The molecule has 90 valence electrons. The van der Waals surface area contributed by atoms with Gasteiger partial charge in [-0.3, -0.25) is 0 Å². The zero-order valence-electron chi connectivity index (χ0n) is 11.1. The molecule has 1 N–H and O–H groups in total. The van der Waals surface area contributed by atoms with E-state index in [-0.39, 0.29) is 0 Å². The van der Waals surface area contributed by atoms with Crippen LogP contribution in [0.25, 0.3) is 0 Å². The summed E-state index contributed by atoms with van der Waals surface area (Å²) in [6, 6.07) is 1.36. The molecule has 1 saturated carbocycles. The third kappa shape index (κ3) is 4.55. The van der Waals surface area contributed by atoms with Crippen molar-refractivity contribution in [3.8, 4) is 0 Å². The summed E-state index contributed by atoms with van der Waals surface area (Å²) in [5.74, 6) is 1.67. The Kier molecular flexibility index (Phi) is 5.66. The van der Waals surface area contributed by atoms with Crippen LogP contribution in [-0.2, 0) is 0 Å². The Bertz CT molecular complexity index is 157. The summed E-state index contributed by atoms with van der Waals surface area (Å²) < 4.78 is 0. The number of hydrogen-bond acceptors (Lipinski definition) is 1. The van der Waals surface area contributed by atoms with Crippen molar-refractivity contribution in [2.75, 3.05) is 0 Å². The maximum absolute atomic E-state index is 3.78. The fourth-order valence-electron chi connectivity index (χ4n) is 2.55. The van der Waals surface area contributed by atoms with Gasteiger partial charge in [0.1, 0.15) is 0 Å². The van der Waals surface area contributed by atoms with Gasteiger partial charge in [0.25, 0.3) is 0 Å². The quantitative estimate of drug-likeness (QED) is 0.694. The van der Waals surface area contributed by atoms with Gasteiger partial charge in [-0.25, -0.2) is 0 Å². The second-order valence-corrected chi connectivity index (χ2v) is 5.74. The maximum atomic E-state index is 3.78. The molecular weight excluding hydrogens is 182 g/mol. The van der Waals surface area contributed by atoms with Crippen LogP contribution in [0.1, 0.15) is 66.2 Å². The lowest BCUT2D eigenvalue weighted by atomic mass is 9.91. The highest BCUT2D eigenvalue weighted by Gasteiger charge is 2.20. The molecule has 15 heavy (non-hydrogen) atoms. The van der Waals surface area contributed by atoms with Crippen molar-refractivity contribution in [1.29, 1.82) is 0 Å². The Morgan fingerprint density at radius 1 is 0.867 bits per heavy atom. The summed E-state index contributed by atoms with van der Waals surface area (Å²) >= 11 is 0. The lowest BCUT2D eigenvalue weighted by molar-refractivity contribution is 0.288. The molecule has 0 heterocycles. The average Bonchev–Trinajstić information content (AvgIpc) is 2.45. The van der Waals surface area contributed by atoms with E-state index in [0.29, 0.717) is 12.1 Å². The van der Waals surface area contributed by atoms with Crippen molar-refractivity contribution in [2.45, 2.75) is 78.3 Å². The Morgan fingerprint density at radius 2 is 1.40 bits per heavy atom. The van der Waals surface area contributed by atoms with E-state index in [0.717, 1.165) is 11.8 Å². The maximum Gasteiger partial charge on any atom is 0.00695 e. The van der Waals surface area contributed by atoms with Crippen LogP contribution >= 0.6 is 0 Å². The van der Waals surface area contributed by atoms with Gasteiger partial charge in [0, 0.05) is 12.1 Å². The van der Waals surface area contributed by atoms with Gasteiger partial charge in [-0.15, -0.1) is 0 Å². The predicted octanol–water partition coefficient (Wildman–Crippen LogP) is 3.98. The first-order valence-electron chi connectivity index (χ1n) is 6.87. The minimum absolute atomic E-state index is 0.656. The van der Waals surface area contributed by atoms with Gasteiger partial charge in [0.05, 0.1) is 0 Å². The highest BCUT2D eigenvalue weighted by molar-refractivity contribution is 4.78. The standard InChI is InChI=1S/C14H29N/c1-11(2)12(3)15-13(4)14-9-7-5-6-8-10-14/h11-15H,5-10H2,1-4H3/t12?,13-/m1/s1. The molecule has 1 nitrogen and oxygen atoms in total. The Hall–Kier alpha value is -0.0400. The summed E-state index contributed by atoms with van der Waals surface area (Å²) in [7, 11) is 0. The van der Waals surface area contributed by atoms with Crippen LogP contribution in [0.2, 0.25) is 0 Å². The summed E-state index contributed by atoms with van der Waals surface area (Å²) in [5.41, 5.74) is 0. The van der Waals surface area contributed by atoms with Gasteiger partial charge in [-0.2, -0.15) is 0 Å². The van der Waals surface area contributed by atoms with E-state index in [4.69, 9.17) is 0 Å². The van der Waals surface area contributed by atoms with Crippen LogP contribution in [-0.4, -0.2) is 12.1 Å². The lowest BCUT2D eigenvalue weighted by Gasteiger charge is -2.28. The molecule has 0 amide bonds. The molecule has 1 aliphatic carbocycles. The highest BCUT2D eigenvalue weighted by atomic mass is 14.9. The van der Waals surface area contributed by atoms with E-state index in [1.807, 2.05) is 0 Å². The Labute approximate surface area is 96.0 Å². The van der Waals surface area contributed by atoms with E-state index in [2.05, 4.69) is 33.0 Å². The molecule has 1 unspecified atom stereocenters. The van der Waals surface area contributed by atoms with Crippen LogP contribution in [0.4, 0.5) is 0 Å². The summed E-state index contributed by atoms with van der Waals surface area (Å²) in [5, 5.41) is 3.78. The zero-order valence-corrected chi connectivity index (χ0v) is 11.1. The first kappa shape index (κ1) is 13.0. The smallest absolute Gasteiger partial charge is 0.00695 e. The molecule has 0 aliphatic heterocycles. The predicted molar refractivity (Wildman–Crippen MR) is 68.1 cm³/mol. The number of rotatable bonds is 4. The van der Waals surface area contributed by atoms with E-state index < -0.39 is 0 Å². The zero-order chi connectivity index (χ0) is 11.3. The van der Waals surface area contributed by atoms with E-state index in [9.17, 15) is 0 Å². The van der Waals surface area contributed by atoms with Crippen molar-refractivity contribution in [3.63, 3.8) is 0 Å². The second kappa shape index (κ2) is 6.52. The highest BCUT2D eigenvalue weighted by Crippen LogP contribution is 2.25. The minimum Gasteiger partial charge on any atom is -0.311 e. The minimum atomic E-state index is 0.656. The molecule has 0 spiro atoms. The van der Waals surface area contributed by atoms with E-state index in [1.54, 1.807) is 0 Å². The monoisotopic (exact) mass is 211 g/mol. The van der Waals surface area contributed by atoms with Crippen LogP contribution in [0.5, 0.6) is 0 Å². The molecule has 1 fully saturated rings. The van der Waals surface area contributed by atoms with Crippen LogP contribution in [0, 0.1) is 11.8 Å². The van der Waals surface area contributed by atoms with E-state index in [1.165, 1.54) is 38.5 Å². The molecule has 0 aromatic carbocycles. The third-order valence-corrected chi connectivity index (χ3v) is 4.13. The summed E-state index contributed by atoms with van der Waals surface area (Å²) in [6.45, 7) is 9.31. The first-order valence-corrected chi connectivity index (χ1v) is 6.87. The summed E-state index contributed by atoms with van der Waals surface area (Å²) in [4.78, 5) is 0. The van der Waals surface area contributed by atoms with Gasteiger partial charge < -0.3 is 5.32 Å². The normalized spacial score (nSPS) is 23.8. The molecule has 1 rings (SSSR count). The molecule has 1 heteroatoms. The van der Waals surface area contributed by atoms with Crippen molar-refractivity contribution in [1.82, 2.24) is 5.32 Å². The van der Waals surface area contributed by atoms with Crippen molar-refractivity contribution in [3.05, 3.63) is 0 Å². The topological polar surface area (TPSA) is 12.0 Å². The number of nitrogens with one attached hydrogen (secondary N) is 1. The number of hydrogen-bond donors (Lipinski definition) is 1. The van der Waals surface area contributed by atoms with Gasteiger partial charge >= 0.3 is 0 Å². The van der Waals surface area contributed by atoms with Crippen molar-refractivity contribution >= 4 is 0 Å². The third-order valence-electron chi connectivity index (χ3n) is 4.13. The SMILES string of the molecule is CC(C)C(C)N[C@H](C)C1CCCCCC1. The van der Waals surface area contributed by atoms with E-state index >= 15 is 0 Å². The average molecular weight is 211 g/mol. The molecule has 0 saturated heterocycles. The molecule has 0 bridgehead atoms. The van der Waals surface area contributed by atoms with Crippen LogP contribution < -0.4 is 5.32 Å². The Morgan fingerprint density at radius 3 is 1.87 bits per heavy atom. The first-order chi connectivity index (χ1) is 7.11. The second-order valence-electron chi connectivity index (χ2n) is 5.74. The van der Waals surface area contributed by atoms with Crippen molar-refractivity contribution < 1.29 is 0 Å². The molecule has 0 radical (unpaired) electrons. The molecular formula is C14H29N. The molecule has 1 aliphatic rings. The van der Waals surface area contributed by atoms with Crippen LogP contribution in [0.3, 0.4) is 0 Å². The molecule has 0 aromatic heterocycles. The van der Waals surface area contributed by atoms with Gasteiger partial charge in [-0.1, -0.05) is 39.5 Å². The largest absolute Gasteiger partial charge is 0.311 e. The van der Waals surface area contributed by atoms with Gasteiger partial charge in [0.15, 0.2) is 0 Å². The van der Waals surface area contributed by atoms with Gasteiger partial charge in [-0.05, 0) is 38.5 Å².